The van der Waals surface area contributed by atoms with Crippen molar-refractivity contribution < 1.29 is 14.4 Å². The van der Waals surface area contributed by atoms with Gasteiger partial charge in [0.2, 0.25) is 11.8 Å². The lowest BCUT2D eigenvalue weighted by atomic mass is 10.1. The molecule has 1 atom stereocenters. The monoisotopic (exact) mass is 439 g/mol. The molecule has 0 saturated carbocycles. The summed E-state index contributed by atoms with van der Waals surface area (Å²) in [6, 6.07) is 11.5. The topological polar surface area (TPSA) is 101 Å². The number of nitrogens with two attached hydrogens (primary N) is 1. The Balaban J connectivity index is 2.07. The van der Waals surface area contributed by atoms with Crippen LogP contribution in [-0.2, 0) is 20.8 Å². The maximum atomic E-state index is 12.4. The van der Waals surface area contributed by atoms with Crippen molar-refractivity contribution in [2.75, 3.05) is 11.1 Å². The number of halogens is 2. The Labute approximate surface area is 177 Å². The highest BCUT2D eigenvalue weighted by Gasteiger charge is 2.19. The van der Waals surface area contributed by atoms with Crippen LogP contribution in [-0.4, -0.2) is 28.7 Å². The van der Waals surface area contributed by atoms with Gasteiger partial charge in [-0.1, -0.05) is 59.2 Å². The van der Waals surface area contributed by atoms with Gasteiger partial charge in [-0.3, -0.25) is 14.4 Å². The fraction of sp³-hybridized carbons (Fsp3) is 0.211. The minimum Gasteiger partial charge on any atom is -0.368 e. The zero-order valence-corrected chi connectivity index (χ0v) is 17.3. The molecule has 0 heterocycles. The van der Waals surface area contributed by atoms with Crippen LogP contribution in [0.1, 0.15) is 12.5 Å². The zero-order valence-electron chi connectivity index (χ0n) is 15.0. The number of benzene rings is 2. The van der Waals surface area contributed by atoms with Crippen molar-refractivity contribution in [2.24, 2.45) is 5.73 Å². The fourth-order valence-corrected chi connectivity index (χ4v) is 3.72. The summed E-state index contributed by atoms with van der Waals surface area (Å²) < 4.78 is 0. The second-order valence-corrected chi connectivity index (χ2v) is 7.79. The summed E-state index contributed by atoms with van der Waals surface area (Å²) in [5, 5.41) is 6.35. The van der Waals surface area contributed by atoms with Gasteiger partial charge in [-0.2, -0.15) is 0 Å². The molecule has 148 valence electrons. The molecule has 0 saturated heterocycles. The van der Waals surface area contributed by atoms with Crippen molar-refractivity contribution in [1.82, 2.24) is 5.32 Å². The molecular formula is C19H19Cl2N3O3S. The van der Waals surface area contributed by atoms with E-state index in [1.165, 1.54) is 6.92 Å². The second kappa shape index (κ2) is 10.4. The smallest absolute Gasteiger partial charge is 0.240 e. The van der Waals surface area contributed by atoms with Gasteiger partial charge in [0.15, 0.2) is 5.12 Å². The Bertz CT molecular complexity index is 872. The number of nitrogens with one attached hydrogen (secondary N) is 2. The Kier molecular flexibility index (Phi) is 8.17. The van der Waals surface area contributed by atoms with Gasteiger partial charge in [0.05, 0.1) is 15.7 Å². The zero-order chi connectivity index (χ0) is 20.7. The first-order chi connectivity index (χ1) is 13.3. The van der Waals surface area contributed by atoms with Crippen molar-refractivity contribution >= 4 is 63.3 Å². The molecule has 0 aliphatic heterocycles. The normalized spacial score (nSPS) is 11.5. The number of rotatable bonds is 8. The van der Waals surface area contributed by atoms with Crippen LogP contribution in [0.25, 0.3) is 0 Å². The third-order valence-corrected chi connectivity index (χ3v) is 5.30. The summed E-state index contributed by atoms with van der Waals surface area (Å²) in [7, 11) is 0. The third-order valence-electron chi connectivity index (χ3n) is 3.71. The van der Waals surface area contributed by atoms with Crippen LogP contribution in [0.15, 0.2) is 42.5 Å². The lowest BCUT2D eigenvalue weighted by Crippen LogP contribution is -2.45. The molecule has 2 aromatic rings. The molecule has 0 spiro atoms. The second-order valence-electron chi connectivity index (χ2n) is 5.89. The predicted octanol–water partition coefficient (Wildman–Crippen LogP) is 3.53. The fourth-order valence-electron chi connectivity index (χ4n) is 2.37. The number of amides is 2. The number of anilines is 2. The average Bonchev–Trinajstić information content (AvgIpc) is 2.62. The van der Waals surface area contributed by atoms with Gasteiger partial charge in [0.1, 0.15) is 6.04 Å². The van der Waals surface area contributed by atoms with Gasteiger partial charge in [0.25, 0.3) is 0 Å². The van der Waals surface area contributed by atoms with E-state index in [1.807, 2.05) is 24.3 Å². The highest BCUT2D eigenvalue weighted by molar-refractivity contribution is 8.13. The number of hydrogen-bond donors (Lipinski definition) is 3. The molecule has 4 N–H and O–H groups in total. The van der Waals surface area contributed by atoms with E-state index in [4.69, 9.17) is 28.9 Å². The first-order valence-electron chi connectivity index (χ1n) is 8.29. The molecule has 2 rings (SSSR count). The molecule has 9 heteroatoms. The van der Waals surface area contributed by atoms with Gasteiger partial charge in [-0.25, -0.2) is 0 Å². The minimum atomic E-state index is -0.901. The number of carbonyl (C=O) groups excluding carboxylic acids is 3. The van der Waals surface area contributed by atoms with Crippen molar-refractivity contribution in [2.45, 2.75) is 19.4 Å². The maximum absolute atomic E-state index is 12.4. The quantitative estimate of drug-likeness (QED) is 0.583. The molecule has 0 fully saturated rings. The average molecular weight is 440 g/mol. The van der Waals surface area contributed by atoms with Gasteiger partial charge < -0.3 is 16.4 Å². The van der Waals surface area contributed by atoms with Crippen LogP contribution >= 0.6 is 35.0 Å². The summed E-state index contributed by atoms with van der Waals surface area (Å²) in [6.45, 7) is 1.28. The molecule has 0 unspecified atom stereocenters. The van der Waals surface area contributed by atoms with Crippen LogP contribution < -0.4 is 16.4 Å². The molecular weight excluding hydrogens is 421 g/mol. The molecule has 28 heavy (non-hydrogen) atoms. The lowest BCUT2D eigenvalue weighted by molar-refractivity contribution is -0.125. The maximum Gasteiger partial charge on any atom is 0.240 e. The van der Waals surface area contributed by atoms with Crippen LogP contribution in [0.4, 0.5) is 11.4 Å². The van der Waals surface area contributed by atoms with E-state index in [2.05, 4.69) is 10.6 Å². The summed E-state index contributed by atoms with van der Waals surface area (Å²) in [5.74, 6) is -1.01. The van der Waals surface area contributed by atoms with E-state index in [1.54, 1.807) is 18.2 Å². The van der Waals surface area contributed by atoms with E-state index >= 15 is 0 Å². The minimum absolute atomic E-state index is 0.0691. The highest BCUT2D eigenvalue weighted by Crippen LogP contribution is 2.33. The van der Waals surface area contributed by atoms with Gasteiger partial charge in [-0.05, 0) is 23.8 Å². The van der Waals surface area contributed by atoms with Crippen molar-refractivity contribution in [3.05, 3.63) is 58.1 Å². The number of carbonyl (C=O) groups is 3. The van der Waals surface area contributed by atoms with E-state index in [9.17, 15) is 14.4 Å². The number of para-hydroxylation sites is 2. The summed E-state index contributed by atoms with van der Waals surface area (Å²) in [4.78, 5) is 34.9. The largest absolute Gasteiger partial charge is 0.368 e. The van der Waals surface area contributed by atoms with Crippen LogP contribution in [0.3, 0.4) is 0 Å². The van der Waals surface area contributed by atoms with Gasteiger partial charge in [-0.15, -0.1) is 0 Å². The van der Waals surface area contributed by atoms with E-state index in [0.717, 1.165) is 17.3 Å². The van der Waals surface area contributed by atoms with E-state index in [0.29, 0.717) is 21.4 Å². The predicted molar refractivity (Wildman–Crippen MR) is 114 cm³/mol. The Morgan fingerprint density at radius 3 is 2.32 bits per heavy atom. The molecule has 2 amide bonds. The summed E-state index contributed by atoms with van der Waals surface area (Å²) >= 11 is 13.3. The highest BCUT2D eigenvalue weighted by atomic mass is 35.5. The summed E-state index contributed by atoms with van der Waals surface area (Å²) in [6.07, 6.45) is 0.113. The third kappa shape index (κ3) is 6.44. The Hall–Kier alpha value is -2.22. The van der Waals surface area contributed by atoms with Crippen molar-refractivity contribution in [3.8, 4) is 0 Å². The molecule has 0 aromatic heterocycles. The van der Waals surface area contributed by atoms with Crippen LogP contribution in [0, 0.1) is 0 Å². The van der Waals surface area contributed by atoms with Crippen LogP contribution in [0.2, 0.25) is 10.0 Å². The van der Waals surface area contributed by atoms with Crippen molar-refractivity contribution in [3.63, 3.8) is 0 Å². The molecule has 6 nitrogen and oxygen atoms in total. The Morgan fingerprint density at radius 2 is 1.71 bits per heavy atom. The van der Waals surface area contributed by atoms with E-state index in [-0.39, 0.29) is 23.2 Å². The molecule has 0 aliphatic carbocycles. The number of primary amides is 1. The van der Waals surface area contributed by atoms with Crippen LogP contribution in [0.5, 0.6) is 0 Å². The molecule has 2 aromatic carbocycles. The van der Waals surface area contributed by atoms with Gasteiger partial charge in [0, 0.05) is 24.8 Å². The standard InChI is InChI=1S/C19H19Cl2N3O3S/c1-11(25)23-16(19(22)27)10-28-17(26)9-12-5-2-3-8-15(12)24-18-13(20)6-4-7-14(18)21/h2-8,16,24H,9-10H2,1H3,(H2,22,27)(H,23,25)/t16-/m0/s1. The first kappa shape index (κ1) is 22.1. The number of hydrogen-bond acceptors (Lipinski definition) is 5. The molecule has 0 bridgehead atoms. The van der Waals surface area contributed by atoms with Gasteiger partial charge >= 0.3 is 0 Å². The van der Waals surface area contributed by atoms with Crippen molar-refractivity contribution in [1.29, 1.82) is 0 Å². The lowest BCUT2D eigenvalue weighted by Gasteiger charge is -2.15. The Morgan fingerprint density at radius 1 is 1.07 bits per heavy atom. The summed E-state index contributed by atoms with van der Waals surface area (Å²) in [5.41, 5.74) is 7.24. The SMILES string of the molecule is CC(=O)N[C@@H](CSC(=O)Cc1ccccc1Nc1c(Cl)cccc1Cl)C(N)=O. The van der Waals surface area contributed by atoms with E-state index < -0.39 is 11.9 Å². The first-order valence-corrected chi connectivity index (χ1v) is 10.0. The molecule has 0 aliphatic rings. The molecule has 0 radical (unpaired) electrons. The number of thioether (sulfide) groups is 1.